The number of hydrogen-bond acceptors (Lipinski definition) is 2. The second-order valence-corrected chi connectivity index (χ2v) is 7.12. The van der Waals surface area contributed by atoms with E-state index < -0.39 is 0 Å². The van der Waals surface area contributed by atoms with Gasteiger partial charge in [0.05, 0.1) is 0 Å². The Bertz CT molecular complexity index is 633. The molecule has 4 rings (SSSR count). The summed E-state index contributed by atoms with van der Waals surface area (Å²) in [5, 5.41) is 3.88. The van der Waals surface area contributed by atoms with Gasteiger partial charge in [-0.3, -0.25) is 0 Å². The summed E-state index contributed by atoms with van der Waals surface area (Å²) in [4.78, 5) is 1.43. The van der Waals surface area contributed by atoms with Crippen LogP contribution in [-0.4, -0.2) is 11.8 Å². The van der Waals surface area contributed by atoms with Gasteiger partial charge in [-0.25, -0.2) is 0 Å². The molecule has 1 aliphatic heterocycles. The van der Waals surface area contributed by atoms with Gasteiger partial charge >= 0.3 is 0 Å². The van der Waals surface area contributed by atoms with Crippen LogP contribution in [-0.2, 0) is 0 Å². The highest BCUT2D eigenvalue weighted by molar-refractivity contribution is 8.04. The van der Waals surface area contributed by atoms with E-state index in [1.807, 2.05) is 11.8 Å². The molecule has 0 radical (unpaired) electrons. The van der Waals surface area contributed by atoms with Crippen molar-refractivity contribution in [1.29, 1.82) is 0 Å². The smallest absolute Gasteiger partial charge is 0.0387 e. The zero-order valence-corrected chi connectivity index (χ0v) is 13.1. The van der Waals surface area contributed by atoms with Crippen molar-refractivity contribution in [2.45, 2.75) is 38.1 Å². The number of nitrogens with one attached hydrogen (secondary N) is 1. The summed E-state index contributed by atoms with van der Waals surface area (Å²) in [5.41, 5.74) is 5.63. The largest absolute Gasteiger partial charge is 0.384 e. The van der Waals surface area contributed by atoms with Crippen LogP contribution in [0.3, 0.4) is 0 Å². The zero-order chi connectivity index (χ0) is 14.1. The number of hydrogen-bond donors (Lipinski definition) is 1. The molecular formula is C19H21NS. The summed E-state index contributed by atoms with van der Waals surface area (Å²) in [6, 6.07) is 9.46. The maximum atomic E-state index is 3.88. The first-order chi connectivity index (χ1) is 10.4. The highest BCUT2D eigenvalue weighted by atomic mass is 32.2. The third kappa shape index (κ3) is 2.57. The van der Waals surface area contributed by atoms with E-state index in [2.05, 4.69) is 47.8 Å². The van der Waals surface area contributed by atoms with Crippen LogP contribution in [0.4, 0.5) is 0 Å². The Morgan fingerprint density at radius 3 is 2.81 bits per heavy atom. The summed E-state index contributed by atoms with van der Waals surface area (Å²) >= 11 is 1.97. The van der Waals surface area contributed by atoms with Gasteiger partial charge in [-0.1, -0.05) is 55.7 Å². The number of benzene rings is 1. The number of thioether (sulfide) groups is 1. The molecule has 1 saturated carbocycles. The minimum Gasteiger partial charge on any atom is -0.384 e. The first-order valence-electron chi connectivity index (χ1n) is 8.02. The van der Waals surface area contributed by atoms with Crippen LogP contribution in [0.15, 0.2) is 47.0 Å². The normalized spacial score (nSPS) is 21.6. The minimum atomic E-state index is 0.685. The van der Waals surface area contributed by atoms with E-state index in [1.54, 1.807) is 0 Å². The molecule has 21 heavy (non-hydrogen) atoms. The van der Waals surface area contributed by atoms with Crippen LogP contribution in [0.5, 0.6) is 0 Å². The molecule has 0 unspecified atom stereocenters. The van der Waals surface area contributed by atoms with E-state index in [1.165, 1.54) is 59.4 Å². The number of allylic oxidation sites excluding steroid dienone is 3. The standard InChI is InChI=1S/C19H21NS/c1-2-9-15(10-3-1)20-17-13-21-18-12-6-8-14-7-4-5-11-16(14)19(17)18/h4-8,11-12,15,20H,1-3,9-10,13H2. The Morgan fingerprint density at radius 2 is 1.90 bits per heavy atom. The molecule has 0 aromatic heterocycles. The van der Waals surface area contributed by atoms with E-state index >= 15 is 0 Å². The van der Waals surface area contributed by atoms with Crippen molar-refractivity contribution in [3.63, 3.8) is 0 Å². The molecule has 0 amide bonds. The molecule has 0 atom stereocenters. The quantitative estimate of drug-likeness (QED) is 0.826. The van der Waals surface area contributed by atoms with Crippen LogP contribution in [0.1, 0.15) is 43.2 Å². The lowest BCUT2D eigenvalue weighted by Gasteiger charge is -2.25. The van der Waals surface area contributed by atoms with Crippen molar-refractivity contribution in [3.05, 3.63) is 58.1 Å². The molecule has 1 nitrogen and oxygen atoms in total. The number of fused-ring (bicyclic) bond motifs is 3. The van der Waals surface area contributed by atoms with E-state index in [0.717, 1.165) is 5.75 Å². The predicted octanol–water partition coefficient (Wildman–Crippen LogP) is 4.98. The molecule has 3 aliphatic rings. The molecule has 1 aromatic carbocycles. The van der Waals surface area contributed by atoms with Crippen molar-refractivity contribution in [2.24, 2.45) is 0 Å². The molecule has 1 aromatic rings. The van der Waals surface area contributed by atoms with Crippen LogP contribution in [0, 0.1) is 0 Å². The molecule has 2 heteroatoms. The SMILES string of the molecule is C1=Cc2ccccc2C2=C(NC3CCCCC3)CSC2=C1. The molecule has 2 aliphatic carbocycles. The van der Waals surface area contributed by atoms with E-state index in [4.69, 9.17) is 0 Å². The van der Waals surface area contributed by atoms with Gasteiger partial charge in [-0.15, -0.1) is 11.8 Å². The lowest BCUT2D eigenvalue weighted by molar-refractivity contribution is 0.398. The first-order valence-corrected chi connectivity index (χ1v) is 9.01. The zero-order valence-electron chi connectivity index (χ0n) is 12.3. The predicted molar refractivity (Wildman–Crippen MR) is 92.9 cm³/mol. The third-order valence-corrected chi connectivity index (χ3v) is 5.74. The minimum absolute atomic E-state index is 0.685. The van der Waals surface area contributed by atoms with Gasteiger partial charge in [-0.05, 0) is 30.0 Å². The lowest BCUT2D eigenvalue weighted by Crippen LogP contribution is -2.31. The van der Waals surface area contributed by atoms with Crippen molar-refractivity contribution in [1.82, 2.24) is 5.32 Å². The van der Waals surface area contributed by atoms with E-state index in [0.29, 0.717) is 6.04 Å². The highest BCUT2D eigenvalue weighted by Crippen LogP contribution is 2.44. The van der Waals surface area contributed by atoms with Gasteiger partial charge in [0.2, 0.25) is 0 Å². The summed E-state index contributed by atoms with van der Waals surface area (Å²) in [6.07, 6.45) is 13.5. The summed E-state index contributed by atoms with van der Waals surface area (Å²) in [6.45, 7) is 0. The maximum Gasteiger partial charge on any atom is 0.0387 e. The monoisotopic (exact) mass is 295 g/mol. The van der Waals surface area contributed by atoms with Crippen LogP contribution in [0.2, 0.25) is 0 Å². The van der Waals surface area contributed by atoms with E-state index in [9.17, 15) is 0 Å². The van der Waals surface area contributed by atoms with Gasteiger partial charge in [-0.2, -0.15) is 0 Å². The topological polar surface area (TPSA) is 12.0 Å². The fourth-order valence-corrected chi connectivity index (χ4v) is 4.67. The second kappa shape index (κ2) is 5.76. The highest BCUT2D eigenvalue weighted by Gasteiger charge is 2.26. The van der Waals surface area contributed by atoms with Gasteiger partial charge in [0.15, 0.2) is 0 Å². The van der Waals surface area contributed by atoms with Gasteiger partial charge in [0.25, 0.3) is 0 Å². The fraction of sp³-hybridized carbons (Fsp3) is 0.368. The Labute approximate surface area is 131 Å². The Hall–Kier alpha value is -1.41. The Kier molecular flexibility index (Phi) is 3.64. The Morgan fingerprint density at radius 1 is 1.05 bits per heavy atom. The molecule has 1 heterocycles. The van der Waals surface area contributed by atoms with Gasteiger partial charge < -0.3 is 5.32 Å². The van der Waals surface area contributed by atoms with Gasteiger partial charge in [0, 0.05) is 28.0 Å². The molecular weight excluding hydrogens is 274 g/mol. The molecule has 108 valence electrons. The lowest BCUT2D eigenvalue weighted by atomic mass is 9.94. The summed E-state index contributed by atoms with van der Waals surface area (Å²) in [7, 11) is 0. The summed E-state index contributed by atoms with van der Waals surface area (Å²) in [5.74, 6) is 1.10. The molecule has 0 bridgehead atoms. The maximum absolute atomic E-state index is 3.88. The second-order valence-electron chi connectivity index (χ2n) is 6.10. The van der Waals surface area contributed by atoms with Crippen LogP contribution < -0.4 is 5.32 Å². The average molecular weight is 295 g/mol. The molecule has 0 saturated heterocycles. The number of rotatable bonds is 2. The fourth-order valence-electron chi connectivity index (χ4n) is 3.59. The Balaban J connectivity index is 1.72. The van der Waals surface area contributed by atoms with E-state index in [-0.39, 0.29) is 0 Å². The summed E-state index contributed by atoms with van der Waals surface area (Å²) < 4.78 is 0. The van der Waals surface area contributed by atoms with Gasteiger partial charge in [0.1, 0.15) is 0 Å². The third-order valence-electron chi connectivity index (χ3n) is 4.66. The molecule has 1 fully saturated rings. The van der Waals surface area contributed by atoms with Crippen LogP contribution >= 0.6 is 11.8 Å². The van der Waals surface area contributed by atoms with Crippen molar-refractivity contribution in [3.8, 4) is 0 Å². The van der Waals surface area contributed by atoms with Crippen LogP contribution in [0.25, 0.3) is 11.6 Å². The van der Waals surface area contributed by atoms with Crippen molar-refractivity contribution in [2.75, 3.05) is 5.75 Å². The van der Waals surface area contributed by atoms with Crippen molar-refractivity contribution < 1.29 is 0 Å². The first kappa shape index (κ1) is 13.3. The molecule has 1 N–H and O–H groups in total. The van der Waals surface area contributed by atoms with Crippen molar-refractivity contribution >= 4 is 23.4 Å². The molecule has 0 spiro atoms. The average Bonchev–Trinajstić information content (AvgIpc) is 2.82.